The largest absolute Gasteiger partial charge is 0.457 e. The van der Waals surface area contributed by atoms with E-state index in [-0.39, 0.29) is 0 Å². The van der Waals surface area contributed by atoms with Gasteiger partial charge in [0.25, 0.3) is 0 Å². The van der Waals surface area contributed by atoms with Gasteiger partial charge in [0.1, 0.15) is 11.5 Å². The summed E-state index contributed by atoms with van der Waals surface area (Å²) in [6, 6.07) is 23.8. The number of rotatable bonds is 5. The van der Waals surface area contributed by atoms with Crippen molar-refractivity contribution in [3.8, 4) is 11.5 Å². The number of aromatic amines is 1. The molecule has 0 atom stereocenters. The zero-order valence-corrected chi connectivity index (χ0v) is 15.8. The predicted octanol–water partition coefficient (Wildman–Crippen LogP) is 4.05. The zero-order valence-electron chi connectivity index (χ0n) is 15.8. The van der Waals surface area contributed by atoms with Gasteiger partial charge >= 0.3 is 11.8 Å². The van der Waals surface area contributed by atoms with Gasteiger partial charge in [-0.15, -0.1) is 0 Å². The number of para-hydroxylation sites is 2. The van der Waals surface area contributed by atoms with Crippen LogP contribution in [-0.4, -0.2) is 23.0 Å². The second-order valence-corrected chi connectivity index (χ2v) is 6.38. The van der Waals surface area contributed by atoms with Gasteiger partial charge in [0, 0.05) is 28.4 Å². The summed E-state index contributed by atoms with van der Waals surface area (Å²) in [5.41, 5.74) is 4.46. The predicted molar refractivity (Wildman–Crippen MR) is 116 cm³/mol. The van der Waals surface area contributed by atoms with E-state index >= 15 is 0 Å². The van der Waals surface area contributed by atoms with Crippen molar-refractivity contribution in [2.24, 2.45) is 5.10 Å². The standard InChI is InChI=1S/C23H18N4O3/c28-22(23(29)27-25-15-16-14-24-21-9-5-4-8-20(16)21)26-17-10-12-19(13-11-17)30-18-6-2-1-3-7-18/h1-15,24H,(H,26,28)(H,27,29)/b25-15+. The quantitative estimate of drug-likeness (QED) is 0.269. The van der Waals surface area contributed by atoms with Crippen LogP contribution in [0, 0.1) is 0 Å². The van der Waals surface area contributed by atoms with Crippen LogP contribution in [0.25, 0.3) is 10.9 Å². The van der Waals surface area contributed by atoms with Crippen molar-refractivity contribution in [2.75, 3.05) is 5.32 Å². The lowest BCUT2D eigenvalue weighted by atomic mass is 10.2. The van der Waals surface area contributed by atoms with E-state index in [4.69, 9.17) is 4.74 Å². The molecule has 0 saturated heterocycles. The maximum Gasteiger partial charge on any atom is 0.329 e. The number of H-pyrrole nitrogens is 1. The summed E-state index contributed by atoms with van der Waals surface area (Å²) in [7, 11) is 0. The number of hydrogen-bond donors (Lipinski definition) is 3. The molecule has 0 aliphatic carbocycles. The molecular formula is C23H18N4O3. The Morgan fingerprint density at radius 2 is 1.53 bits per heavy atom. The van der Waals surface area contributed by atoms with Crippen molar-refractivity contribution in [3.05, 3.63) is 90.6 Å². The van der Waals surface area contributed by atoms with E-state index in [1.807, 2.05) is 54.6 Å². The SMILES string of the molecule is O=C(N/N=C/c1c[nH]c2ccccc12)C(=O)Nc1ccc(Oc2ccccc2)cc1. The van der Waals surface area contributed by atoms with Crippen LogP contribution < -0.4 is 15.5 Å². The molecule has 7 nitrogen and oxygen atoms in total. The molecule has 0 radical (unpaired) electrons. The van der Waals surface area contributed by atoms with Gasteiger partial charge in [0.2, 0.25) is 0 Å². The molecule has 4 aromatic rings. The van der Waals surface area contributed by atoms with Gasteiger partial charge in [-0.3, -0.25) is 9.59 Å². The molecule has 0 unspecified atom stereocenters. The molecule has 0 saturated carbocycles. The van der Waals surface area contributed by atoms with Gasteiger partial charge < -0.3 is 15.0 Å². The van der Waals surface area contributed by atoms with Crippen molar-refractivity contribution in [1.82, 2.24) is 10.4 Å². The molecule has 1 aromatic heterocycles. The lowest BCUT2D eigenvalue weighted by Gasteiger charge is -2.07. The number of hydrazone groups is 1. The van der Waals surface area contributed by atoms with Crippen LogP contribution in [0.2, 0.25) is 0 Å². The molecular weight excluding hydrogens is 380 g/mol. The minimum Gasteiger partial charge on any atom is -0.457 e. The third-order valence-corrected chi connectivity index (χ3v) is 4.29. The maximum absolute atomic E-state index is 12.1. The molecule has 30 heavy (non-hydrogen) atoms. The van der Waals surface area contributed by atoms with Crippen LogP contribution in [-0.2, 0) is 9.59 Å². The van der Waals surface area contributed by atoms with Gasteiger partial charge in [-0.25, -0.2) is 5.43 Å². The highest BCUT2D eigenvalue weighted by molar-refractivity contribution is 6.39. The summed E-state index contributed by atoms with van der Waals surface area (Å²) in [6.07, 6.45) is 3.26. The summed E-state index contributed by atoms with van der Waals surface area (Å²) < 4.78 is 5.69. The number of fused-ring (bicyclic) bond motifs is 1. The smallest absolute Gasteiger partial charge is 0.329 e. The highest BCUT2D eigenvalue weighted by Crippen LogP contribution is 2.22. The van der Waals surface area contributed by atoms with Crippen molar-refractivity contribution >= 4 is 34.6 Å². The van der Waals surface area contributed by atoms with Crippen LogP contribution in [0.1, 0.15) is 5.56 Å². The summed E-state index contributed by atoms with van der Waals surface area (Å²) >= 11 is 0. The number of carbonyl (C=O) groups is 2. The Balaban J connectivity index is 1.31. The summed E-state index contributed by atoms with van der Waals surface area (Å²) in [5.74, 6) is -0.354. The van der Waals surface area contributed by atoms with Gasteiger partial charge in [-0.05, 0) is 42.5 Å². The van der Waals surface area contributed by atoms with Gasteiger partial charge in [-0.1, -0.05) is 36.4 Å². The number of aromatic nitrogens is 1. The third kappa shape index (κ3) is 4.53. The molecule has 4 rings (SSSR count). The van der Waals surface area contributed by atoms with Crippen LogP contribution in [0.4, 0.5) is 5.69 Å². The van der Waals surface area contributed by atoms with E-state index in [2.05, 4.69) is 20.8 Å². The number of ether oxygens (including phenoxy) is 1. The van der Waals surface area contributed by atoms with Crippen molar-refractivity contribution in [3.63, 3.8) is 0 Å². The zero-order chi connectivity index (χ0) is 20.8. The highest BCUT2D eigenvalue weighted by atomic mass is 16.5. The van der Waals surface area contributed by atoms with Crippen molar-refractivity contribution in [2.45, 2.75) is 0 Å². The molecule has 0 spiro atoms. The Hall–Kier alpha value is -4.39. The number of anilines is 1. The first-order valence-electron chi connectivity index (χ1n) is 9.22. The van der Waals surface area contributed by atoms with E-state index in [9.17, 15) is 9.59 Å². The van der Waals surface area contributed by atoms with Crippen molar-refractivity contribution < 1.29 is 14.3 Å². The van der Waals surface area contributed by atoms with E-state index in [0.717, 1.165) is 16.5 Å². The van der Waals surface area contributed by atoms with E-state index in [1.54, 1.807) is 30.5 Å². The molecule has 0 fully saturated rings. The summed E-state index contributed by atoms with van der Waals surface area (Å²) in [5, 5.41) is 7.35. The first-order valence-corrected chi connectivity index (χ1v) is 9.22. The average molecular weight is 398 g/mol. The lowest BCUT2D eigenvalue weighted by Crippen LogP contribution is -2.32. The topological polar surface area (TPSA) is 95.6 Å². The second-order valence-electron chi connectivity index (χ2n) is 6.38. The van der Waals surface area contributed by atoms with Gasteiger partial charge in [-0.2, -0.15) is 5.10 Å². The molecule has 1 heterocycles. The van der Waals surface area contributed by atoms with E-state index < -0.39 is 11.8 Å². The first kappa shape index (κ1) is 18.9. The summed E-state index contributed by atoms with van der Waals surface area (Å²) in [4.78, 5) is 27.1. The van der Waals surface area contributed by atoms with Crippen LogP contribution in [0.5, 0.6) is 11.5 Å². The molecule has 0 bridgehead atoms. The Morgan fingerprint density at radius 1 is 0.833 bits per heavy atom. The first-order chi connectivity index (χ1) is 14.7. The molecule has 2 amide bonds. The Kier molecular flexibility index (Phi) is 5.52. The molecule has 3 aromatic carbocycles. The minimum atomic E-state index is -0.865. The highest BCUT2D eigenvalue weighted by Gasteiger charge is 2.13. The number of benzene rings is 3. The molecule has 148 valence electrons. The minimum absolute atomic E-state index is 0.469. The molecule has 7 heteroatoms. The normalized spacial score (nSPS) is 10.8. The average Bonchev–Trinajstić information content (AvgIpc) is 3.19. The molecule has 3 N–H and O–H groups in total. The van der Waals surface area contributed by atoms with E-state index in [1.165, 1.54) is 6.21 Å². The molecule has 0 aliphatic heterocycles. The lowest BCUT2D eigenvalue weighted by molar-refractivity contribution is -0.136. The third-order valence-electron chi connectivity index (χ3n) is 4.29. The van der Waals surface area contributed by atoms with Crippen molar-refractivity contribution in [1.29, 1.82) is 0 Å². The Labute approximate surface area is 172 Å². The Morgan fingerprint density at radius 3 is 2.33 bits per heavy atom. The van der Waals surface area contributed by atoms with Crippen LogP contribution >= 0.6 is 0 Å². The fourth-order valence-electron chi connectivity index (χ4n) is 2.83. The monoisotopic (exact) mass is 398 g/mol. The fourth-order valence-corrected chi connectivity index (χ4v) is 2.83. The Bertz CT molecular complexity index is 1200. The maximum atomic E-state index is 12.1. The van der Waals surface area contributed by atoms with E-state index in [0.29, 0.717) is 17.2 Å². The van der Waals surface area contributed by atoms with Crippen LogP contribution in [0.3, 0.4) is 0 Å². The number of carbonyl (C=O) groups excluding carboxylic acids is 2. The van der Waals surface area contributed by atoms with Gasteiger partial charge in [0.05, 0.1) is 6.21 Å². The molecule has 0 aliphatic rings. The number of nitrogens with zero attached hydrogens (tertiary/aromatic N) is 1. The fraction of sp³-hybridized carbons (Fsp3) is 0. The van der Waals surface area contributed by atoms with Gasteiger partial charge in [0.15, 0.2) is 0 Å². The second kappa shape index (κ2) is 8.74. The number of hydrogen-bond acceptors (Lipinski definition) is 4. The number of nitrogens with one attached hydrogen (secondary N) is 3. The van der Waals surface area contributed by atoms with Crippen LogP contribution in [0.15, 0.2) is 90.2 Å². The number of amides is 2. The summed E-state index contributed by atoms with van der Waals surface area (Å²) in [6.45, 7) is 0.